The van der Waals surface area contributed by atoms with Crippen LogP contribution in [0.1, 0.15) is 52.0 Å². The van der Waals surface area contributed by atoms with Gasteiger partial charge in [0.05, 0.1) is 11.2 Å². The summed E-state index contributed by atoms with van der Waals surface area (Å²) in [5.74, 6) is 1.39. The van der Waals surface area contributed by atoms with E-state index in [2.05, 4.69) is 4.90 Å². The van der Waals surface area contributed by atoms with Crippen molar-refractivity contribution in [1.29, 1.82) is 0 Å². The summed E-state index contributed by atoms with van der Waals surface area (Å²) < 4.78 is 19.6. The Hall–Kier alpha value is -2.81. The molecule has 37 heavy (non-hydrogen) atoms. The second kappa shape index (κ2) is 11.7. The van der Waals surface area contributed by atoms with Crippen LogP contribution in [0.5, 0.6) is 11.5 Å². The lowest BCUT2D eigenvalue weighted by Crippen LogP contribution is -2.38. The standard InChI is InChI=1S/C28H37ClN4O4/c1-28(2,3)37-27(34)32(5)15-14-31(4)19-24-23-18-22(36-21-10-8-9-20(29)17-21)12-13-25(23)33(30-24)26-11-6-7-16-35-26/h8-10,12-13,17-18,26H,6-7,11,14-16,19H2,1-5H3. The topological polar surface area (TPSA) is 69.1 Å². The van der Waals surface area contributed by atoms with Crippen LogP contribution in [0.2, 0.25) is 5.02 Å². The summed E-state index contributed by atoms with van der Waals surface area (Å²) in [6.07, 6.45) is 2.73. The molecule has 0 saturated carbocycles. The van der Waals surface area contributed by atoms with Crippen molar-refractivity contribution in [2.75, 3.05) is 33.8 Å². The number of rotatable bonds is 8. The predicted molar refractivity (Wildman–Crippen MR) is 145 cm³/mol. The molecule has 0 spiro atoms. The third kappa shape index (κ3) is 7.37. The monoisotopic (exact) mass is 528 g/mol. The molecular weight excluding hydrogens is 492 g/mol. The number of hydrogen-bond donors (Lipinski definition) is 0. The maximum absolute atomic E-state index is 12.3. The van der Waals surface area contributed by atoms with Crippen LogP contribution < -0.4 is 4.74 Å². The highest BCUT2D eigenvalue weighted by molar-refractivity contribution is 6.30. The van der Waals surface area contributed by atoms with E-state index in [-0.39, 0.29) is 12.3 Å². The highest BCUT2D eigenvalue weighted by Crippen LogP contribution is 2.32. The molecule has 1 atom stereocenters. The number of aromatic nitrogens is 2. The Kier molecular flexibility index (Phi) is 8.62. The lowest BCUT2D eigenvalue weighted by Gasteiger charge is -2.26. The first-order valence-electron chi connectivity index (χ1n) is 12.8. The van der Waals surface area contributed by atoms with Gasteiger partial charge in [0.2, 0.25) is 0 Å². The van der Waals surface area contributed by atoms with Crippen LogP contribution in [0.15, 0.2) is 42.5 Å². The minimum atomic E-state index is -0.519. The molecule has 2 heterocycles. The molecule has 0 aliphatic carbocycles. The lowest BCUT2D eigenvalue weighted by molar-refractivity contribution is -0.0370. The highest BCUT2D eigenvalue weighted by Gasteiger charge is 2.23. The zero-order valence-electron chi connectivity index (χ0n) is 22.4. The van der Waals surface area contributed by atoms with Gasteiger partial charge in [-0.3, -0.25) is 4.90 Å². The number of carbonyl (C=O) groups is 1. The average molecular weight is 529 g/mol. The number of fused-ring (bicyclic) bond motifs is 1. The van der Waals surface area contributed by atoms with Crippen molar-refractivity contribution in [3.8, 4) is 11.5 Å². The van der Waals surface area contributed by atoms with Crippen LogP contribution >= 0.6 is 11.6 Å². The molecule has 4 rings (SSSR count). The molecule has 1 fully saturated rings. The van der Waals surface area contributed by atoms with Gasteiger partial charge in [-0.15, -0.1) is 0 Å². The van der Waals surface area contributed by atoms with Crippen LogP contribution in [-0.2, 0) is 16.0 Å². The Bertz CT molecular complexity index is 1220. The number of ether oxygens (including phenoxy) is 3. The van der Waals surface area contributed by atoms with Crippen molar-refractivity contribution in [1.82, 2.24) is 19.6 Å². The van der Waals surface area contributed by atoms with E-state index in [4.69, 9.17) is 30.9 Å². The summed E-state index contributed by atoms with van der Waals surface area (Å²) in [4.78, 5) is 16.1. The van der Waals surface area contributed by atoms with Gasteiger partial charge in [-0.25, -0.2) is 9.48 Å². The fourth-order valence-corrected chi connectivity index (χ4v) is 4.43. The molecule has 1 saturated heterocycles. The van der Waals surface area contributed by atoms with Crippen LogP contribution in [0.3, 0.4) is 0 Å². The smallest absolute Gasteiger partial charge is 0.410 e. The molecule has 1 aliphatic rings. The first-order chi connectivity index (χ1) is 17.6. The third-order valence-electron chi connectivity index (χ3n) is 6.16. The van der Waals surface area contributed by atoms with E-state index in [1.54, 1.807) is 18.0 Å². The van der Waals surface area contributed by atoms with Crippen molar-refractivity contribution >= 4 is 28.6 Å². The molecule has 9 heteroatoms. The minimum absolute atomic E-state index is 0.0756. The molecular formula is C28H37ClN4O4. The first kappa shape index (κ1) is 27.2. The molecule has 1 amide bonds. The van der Waals surface area contributed by atoms with Crippen LogP contribution in [-0.4, -0.2) is 65.1 Å². The van der Waals surface area contributed by atoms with E-state index in [1.165, 1.54) is 0 Å². The SMILES string of the molecule is CN(CCN(C)C(=O)OC(C)(C)C)Cc1nn(C2CCCCO2)c2ccc(Oc3cccc(Cl)c3)cc12. The molecule has 0 bridgehead atoms. The van der Waals surface area contributed by atoms with Crippen molar-refractivity contribution in [2.24, 2.45) is 0 Å². The quantitative estimate of drug-likeness (QED) is 0.333. The van der Waals surface area contributed by atoms with Gasteiger partial charge in [-0.05, 0) is 83.5 Å². The fraction of sp³-hybridized carbons (Fsp3) is 0.500. The average Bonchev–Trinajstić information content (AvgIpc) is 3.19. The Labute approximate surface area is 224 Å². The number of amides is 1. The van der Waals surface area contributed by atoms with Gasteiger partial charge in [-0.2, -0.15) is 5.10 Å². The Morgan fingerprint density at radius 1 is 1.14 bits per heavy atom. The fourth-order valence-electron chi connectivity index (χ4n) is 4.25. The van der Waals surface area contributed by atoms with E-state index >= 15 is 0 Å². The lowest BCUT2D eigenvalue weighted by atomic mass is 10.1. The van der Waals surface area contributed by atoms with Gasteiger partial charge in [0, 0.05) is 43.7 Å². The summed E-state index contributed by atoms with van der Waals surface area (Å²) in [6, 6.07) is 13.4. The van der Waals surface area contributed by atoms with E-state index in [9.17, 15) is 4.79 Å². The molecule has 0 radical (unpaired) electrons. The summed E-state index contributed by atoms with van der Waals surface area (Å²) in [6.45, 7) is 8.17. The van der Waals surface area contributed by atoms with Crippen LogP contribution in [0.25, 0.3) is 10.9 Å². The molecule has 1 aliphatic heterocycles. The predicted octanol–water partition coefficient (Wildman–Crippen LogP) is 6.48. The minimum Gasteiger partial charge on any atom is -0.457 e. The van der Waals surface area contributed by atoms with Gasteiger partial charge in [0.15, 0.2) is 6.23 Å². The van der Waals surface area contributed by atoms with E-state index in [0.717, 1.165) is 42.5 Å². The largest absolute Gasteiger partial charge is 0.457 e. The second-order valence-corrected chi connectivity index (χ2v) is 11.0. The molecule has 8 nitrogen and oxygen atoms in total. The van der Waals surface area contributed by atoms with Crippen molar-refractivity contribution in [2.45, 2.75) is 58.4 Å². The van der Waals surface area contributed by atoms with E-state index in [1.807, 2.05) is 68.9 Å². The van der Waals surface area contributed by atoms with Gasteiger partial charge < -0.3 is 19.1 Å². The Balaban J connectivity index is 1.53. The molecule has 200 valence electrons. The molecule has 3 aromatic rings. The summed E-state index contributed by atoms with van der Waals surface area (Å²) in [5.41, 5.74) is 1.43. The van der Waals surface area contributed by atoms with Crippen molar-refractivity contribution in [3.63, 3.8) is 0 Å². The summed E-state index contributed by atoms with van der Waals surface area (Å²) in [5, 5.41) is 6.63. The molecule has 1 unspecified atom stereocenters. The molecule has 2 aromatic carbocycles. The number of nitrogens with zero attached hydrogens (tertiary/aromatic N) is 4. The number of likely N-dealkylation sites (N-methyl/N-ethyl adjacent to an activating group) is 2. The van der Waals surface area contributed by atoms with Gasteiger partial charge >= 0.3 is 6.09 Å². The van der Waals surface area contributed by atoms with Crippen molar-refractivity contribution in [3.05, 3.63) is 53.2 Å². The first-order valence-corrected chi connectivity index (χ1v) is 13.2. The number of carbonyl (C=O) groups excluding carboxylic acids is 1. The number of halogens is 1. The third-order valence-corrected chi connectivity index (χ3v) is 6.39. The number of hydrogen-bond acceptors (Lipinski definition) is 6. The number of benzene rings is 2. The summed E-state index contributed by atoms with van der Waals surface area (Å²) >= 11 is 6.14. The Morgan fingerprint density at radius 2 is 1.92 bits per heavy atom. The highest BCUT2D eigenvalue weighted by atomic mass is 35.5. The van der Waals surface area contributed by atoms with E-state index in [0.29, 0.717) is 36.2 Å². The van der Waals surface area contributed by atoms with Crippen molar-refractivity contribution < 1.29 is 19.0 Å². The van der Waals surface area contributed by atoms with E-state index < -0.39 is 5.60 Å². The van der Waals surface area contributed by atoms with Crippen LogP contribution in [0.4, 0.5) is 4.79 Å². The molecule has 1 aromatic heterocycles. The Morgan fingerprint density at radius 3 is 2.62 bits per heavy atom. The normalized spacial score (nSPS) is 16.2. The van der Waals surface area contributed by atoms with Gasteiger partial charge in [-0.1, -0.05) is 17.7 Å². The maximum Gasteiger partial charge on any atom is 0.410 e. The molecule has 0 N–H and O–H groups in total. The van der Waals surface area contributed by atoms with Gasteiger partial charge in [0.25, 0.3) is 0 Å². The maximum atomic E-state index is 12.3. The zero-order chi connectivity index (χ0) is 26.6. The van der Waals surface area contributed by atoms with Crippen LogP contribution in [0, 0.1) is 0 Å². The summed E-state index contributed by atoms with van der Waals surface area (Å²) in [7, 11) is 3.78. The van der Waals surface area contributed by atoms with Gasteiger partial charge in [0.1, 0.15) is 17.1 Å². The zero-order valence-corrected chi connectivity index (χ0v) is 23.1. The second-order valence-electron chi connectivity index (χ2n) is 10.6.